The third-order valence-electron chi connectivity index (χ3n) is 7.07. The fraction of sp³-hybridized carbons (Fsp3) is 0.484. The average Bonchev–Trinajstić information content (AvgIpc) is 3.40. The van der Waals surface area contributed by atoms with E-state index in [-0.39, 0.29) is 11.3 Å². The summed E-state index contributed by atoms with van der Waals surface area (Å²) < 4.78 is 45.4. The van der Waals surface area contributed by atoms with Crippen LogP contribution < -0.4 is 5.32 Å². The van der Waals surface area contributed by atoms with Crippen LogP contribution in [-0.4, -0.2) is 60.1 Å². The molecule has 0 saturated carbocycles. The summed E-state index contributed by atoms with van der Waals surface area (Å²) >= 11 is 1.39. The number of hydrogen-bond donors (Lipinski definition) is 1. The second kappa shape index (κ2) is 13.9. The van der Waals surface area contributed by atoms with Crippen LogP contribution in [0, 0.1) is 0 Å². The minimum Gasteiger partial charge on any atom is -0.379 e. The van der Waals surface area contributed by atoms with Gasteiger partial charge >= 0.3 is 6.18 Å². The van der Waals surface area contributed by atoms with Crippen molar-refractivity contribution in [1.82, 2.24) is 20.1 Å². The minimum absolute atomic E-state index is 0.0244. The van der Waals surface area contributed by atoms with Gasteiger partial charge in [-0.25, -0.2) is 4.98 Å². The molecule has 0 unspecified atom stereocenters. The van der Waals surface area contributed by atoms with Crippen LogP contribution in [0.2, 0.25) is 0 Å². The Morgan fingerprint density at radius 2 is 1.71 bits per heavy atom. The number of nitrogens with one attached hydrogen (secondary N) is 1. The Bertz CT molecular complexity index is 1270. The number of hydrogen-bond acceptors (Lipinski definition) is 6. The van der Waals surface area contributed by atoms with E-state index < -0.39 is 11.7 Å². The second-order valence-electron chi connectivity index (χ2n) is 11.5. The number of aromatic nitrogens is 1. The van der Waals surface area contributed by atoms with E-state index in [9.17, 15) is 18.0 Å². The van der Waals surface area contributed by atoms with Crippen LogP contribution in [0.4, 0.5) is 13.2 Å². The van der Waals surface area contributed by atoms with E-state index in [4.69, 9.17) is 4.74 Å². The largest absolute Gasteiger partial charge is 0.416 e. The molecule has 2 aromatic carbocycles. The Labute approximate surface area is 244 Å². The third kappa shape index (κ3) is 9.63. The first-order valence-electron chi connectivity index (χ1n) is 14.0. The van der Waals surface area contributed by atoms with Crippen molar-refractivity contribution < 1.29 is 22.7 Å². The molecule has 0 radical (unpaired) electrons. The van der Waals surface area contributed by atoms with Gasteiger partial charge in [-0.05, 0) is 41.1 Å². The summed E-state index contributed by atoms with van der Waals surface area (Å²) in [5.74, 6) is -0.211. The van der Waals surface area contributed by atoms with Crippen molar-refractivity contribution in [3.63, 3.8) is 0 Å². The highest BCUT2D eigenvalue weighted by atomic mass is 32.1. The number of ether oxygens (including phenoxy) is 1. The van der Waals surface area contributed by atoms with E-state index in [1.165, 1.54) is 29.0 Å². The van der Waals surface area contributed by atoms with Crippen LogP contribution in [-0.2, 0) is 36.0 Å². The number of morpholine rings is 1. The van der Waals surface area contributed by atoms with Crippen LogP contribution in [0.1, 0.15) is 64.9 Å². The zero-order valence-corrected chi connectivity index (χ0v) is 24.8. The van der Waals surface area contributed by atoms with E-state index in [1.54, 1.807) is 11.4 Å². The summed E-state index contributed by atoms with van der Waals surface area (Å²) in [6, 6.07) is 13.8. The lowest BCUT2D eigenvalue weighted by molar-refractivity contribution is -0.137. The Morgan fingerprint density at radius 3 is 2.39 bits per heavy atom. The molecule has 1 aliphatic rings. The lowest BCUT2D eigenvalue weighted by Gasteiger charge is -2.26. The first kappa shape index (κ1) is 31.2. The highest BCUT2D eigenvalue weighted by Crippen LogP contribution is 2.30. The van der Waals surface area contributed by atoms with Gasteiger partial charge in [0.1, 0.15) is 10.7 Å². The highest BCUT2D eigenvalue weighted by Gasteiger charge is 2.30. The number of thiazole rings is 1. The molecule has 6 nitrogen and oxygen atoms in total. The standard InChI is InChI=1S/C31H39F3N4O2S/c1-30(2,3)25-10-8-23(9-11-25)19-38(20-24-6-4-7-26(18-24)31(32,33)34)21-28-36-27(22-41-28)29(39)35-12-5-13-37-14-16-40-17-15-37/h4,6-11,18,22H,5,12-17,19-21H2,1-3H3,(H,35,39). The summed E-state index contributed by atoms with van der Waals surface area (Å²) in [7, 11) is 0. The van der Waals surface area contributed by atoms with E-state index >= 15 is 0 Å². The molecule has 0 aliphatic carbocycles. The quantitative estimate of drug-likeness (QED) is 0.274. The van der Waals surface area contributed by atoms with Gasteiger partial charge < -0.3 is 10.1 Å². The fourth-order valence-corrected chi connectivity index (χ4v) is 5.55. The monoisotopic (exact) mass is 588 g/mol. The van der Waals surface area contributed by atoms with Gasteiger partial charge in [0.2, 0.25) is 0 Å². The molecule has 1 aromatic heterocycles. The van der Waals surface area contributed by atoms with Gasteiger partial charge in [-0.2, -0.15) is 13.2 Å². The van der Waals surface area contributed by atoms with Crippen molar-refractivity contribution in [3.05, 3.63) is 86.9 Å². The van der Waals surface area contributed by atoms with E-state index in [2.05, 4.69) is 65.1 Å². The third-order valence-corrected chi connectivity index (χ3v) is 7.90. The summed E-state index contributed by atoms with van der Waals surface area (Å²) in [6.07, 6.45) is -3.55. The van der Waals surface area contributed by atoms with Crippen molar-refractivity contribution in [3.8, 4) is 0 Å². The summed E-state index contributed by atoms with van der Waals surface area (Å²) in [4.78, 5) is 21.6. The molecular formula is C31H39F3N4O2S. The van der Waals surface area contributed by atoms with Crippen molar-refractivity contribution in [1.29, 1.82) is 0 Å². The van der Waals surface area contributed by atoms with Crippen molar-refractivity contribution in [2.75, 3.05) is 39.4 Å². The molecule has 3 aromatic rings. The number of nitrogens with zero attached hydrogens (tertiary/aromatic N) is 3. The van der Waals surface area contributed by atoms with Crippen LogP contribution in [0.25, 0.3) is 0 Å². The Morgan fingerprint density at radius 1 is 1.00 bits per heavy atom. The number of alkyl halides is 3. The predicted octanol–water partition coefficient (Wildman–Crippen LogP) is 6.11. The first-order valence-corrected chi connectivity index (χ1v) is 14.9. The average molecular weight is 589 g/mol. The Kier molecular flexibility index (Phi) is 10.6. The molecule has 1 aliphatic heterocycles. The Balaban J connectivity index is 1.41. The molecule has 0 spiro atoms. The van der Waals surface area contributed by atoms with Gasteiger partial charge in [-0.1, -0.05) is 63.2 Å². The molecular weight excluding hydrogens is 549 g/mol. The molecule has 0 atom stereocenters. The van der Waals surface area contributed by atoms with Gasteiger partial charge in [-0.3, -0.25) is 14.6 Å². The number of rotatable bonds is 11. The molecule has 1 saturated heterocycles. The normalized spacial score (nSPS) is 14.9. The topological polar surface area (TPSA) is 57.7 Å². The summed E-state index contributed by atoms with van der Waals surface area (Å²) in [5, 5.41) is 5.43. The van der Waals surface area contributed by atoms with Gasteiger partial charge in [0.25, 0.3) is 5.91 Å². The zero-order chi connectivity index (χ0) is 29.5. The molecule has 10 heteroatoms. The minimum atomic E-state index is -4.40. The van der Waals surface area contributed by atoms with E-state index in [0.717, 1.165) is 55.9 Å². The first-order chi connectivity index (χ1) is 19.5. The number of carbonyl (C=O) groups is 1. The maximum atomic E-state index is 13.4. The molecule has 41 heavy (non-hydrogen) atoms. The SMILES string of the molecule is CC(C)(C)c1ccc(CN(Cc2cccc(C(F)(F)F)c2)Cc2nc(C(=O)NCCCN3CCOCC3)cs2)cc1. The number of amides is 1. The zero-order valence-electron chi connectivity index (χ0n) is 24.0. The summed E-state index contributed by atoms with van der Waals surface area (Å²) in [5.41, 5.74) is 2.57. The number of carbonyl (C=O) groups excluding carboxylic acids is 1. The second-order valence-corrected chi connectivity index (χ2v) is 12.4. The Hall–Kier alpha value is -2.79. The molecule has 1 N–H and O–H groups in total. The molecule has 1 amide bonds. The van der Waals surface area contributed by atoms with Crippen molar-refractivity contribution >= 4 is 17.2 Å². The van der Waals surface area contributed by atoms with Gasteiger partial charge in [-0.15, -0.1) is 11.3 Å². The number of halogens is 3. The summed E-state index contributed by atoms with van der Waals surface area (Å²) in [6.45, 7) is 12.5. The maximum absolute atomic E-state index is 13.4. The molecule has 4 rings (SSSR count). The fourth-order valence-electron chi connectivity index (χ4n) is 4.74. The van der Waals surface area contributed by atoms with Crippen LogP contribution in [0.15, 0.2) is 53.9 Å². The maximum Gasteiger partial charge on any atom is 0.416 e. The van der Waals surface area contributed by atoms with Crippen molar-refractivity contribution in [2.45, 2.75) is 58.4 Å². The smallest absolute Gasteiger partial charge is 0.379 e. The lowest BCUT2D eigenvalue weighted by Crippen LogP contribution is -2.38. The van der Waals surface area contributed by atoms with Gasteiger partial charge in [0, 0.05) is 38.1 Å². The lowest BCUT2D eigenvalue weighted by atomic mass is 9.87. The van der Waals surface area contributed by atoms with Gasteiger partial charge in [0.15, 0.2) is 0 Å². The van der Waals surface area contributed by atoms with E-state index in [1.807, 2.05) is 0 Å². The van der Waals surface area contributed by atoms with Gasteiger partial charge in [0.05, 0.1) is 25.3 Å². The molecule has 222 valence electrons. The van der Waals surface area contributed by atoms with Crippen LogP contribution in [0.5, 0.6) is 0 Å². The van der Waals surface area contributed by atoms with Crippen LogP contribution >= 0.6 is 11.3 Å². The molecule has 2 heterocycles. The van der Waals surface area contributed by atoms with Crippen LogP contribution in [0.3, 0.4) is 0 Å². The molecule has 0 bridgehead atoms. The highest BCUT2D eigenvalue weighted by molar-refractivity contribution is 7.09. The predicted molar refractivity (Wildman–Crippen MR) is 156 cm³/mol. The molecule has 1 fully saturated rings. The van der Waals surface area contributed by atoms with E-state index in [0.29, 0.717) is 37.4 Å². The number of benzene rings is 2. The van der Waals surface area contributed by atoms with Crippen molar-refractivity contribution in [2.24, 2.45) is 0 Å².